The van der Waals surface area contributed by atoms with Gasteiger partial charge in [-0.05, 0) is 35.9 Å². The molecule has 6 heteroatoms. The number of nitrogens with zero attached hydrogens (tertiary/aromatic N) is 1. The van der Waals surface area contributed by atoms with Crippen molar-refractivity contribution in [2.75, 3.05) is 19.4 Å². The van der Waals surface area contributed by atoms with Crippen LogP contribution in [0.4, 0.5) is 5.69 Å². The van der Waals surface area contributed by atoms with Crippen molar-refractivity contribution in [3.63, 3.8) is 0 Å². The van der Waals surface area contributed by atoms with Crippen molar-refractivity contribution in [3.05, 3.63) is 69.2 Å². The van der Waals surface area contributed by atoms with Gasteiger partial charge in [0, 0.05) is 30.3 Å². The highest BCUT2D eigenvalue weighted by Crippen LogP contribution is 2.22. The smallest absolute Gasteiger partial charge is 0.254 e. The first kappa shape index (κ1) is 18.2. The Labute approximate surface area is 154 Å². The van der Waals surface area contributed by atoms with Crippen molar-refractivity contribution in [1.29, 1.82) is 0 Å². The molecule has 1 N–H and O–H groups in total. The number of benzene rings is 2. The van der Waals surface area contributed by atoms with Crippen molar-refractivity contribution in [3.8, 4) is 0 Å². The van der Waals surface area contributed by atoms with Crippen molar-refractivity contribution in [1.82, 2.24) is 4.90 Å². The second kappa shape index (κ2) is 8.13. The molecule has 4 nitrogen and oxygen atoms in total. The summed E-state index contributed by atoms with van der Waals surface area (Å²) in [6, 6.07) is 12.4. The average molecular weight is 408 g/mol. The van der Waals surface area contributed by atoms with E-state index in [1.54, 1.807) is 38.4 Å². The van der Waals surface area contributed by atoms with Crippen molar-refractivity contribution in [2.45, 2.75) is 0 Å². The first-order valence-electron chi connectivity index (χ1n) is 7.13. The van der Waals surface area contributed by atoms with Crippen LogP contribution in [0.5, 0.6) is 0 Å². The molecule has 0 saturated carbocycles. The molecule has 124 valence electrons. The van der Waals surface area contributed by atoms with Crippen molar-refractivity contribution >= 4 is 51.1 Å². The molecule has 0 spiro atoms. The summed E-state index contributed by atoms with van der Waals surface area (Å²) in [4.78, 5) is 25.5. The molecule has 0 unspecified atom stereocenters. The Morgan fingerprint density at radius 3 is 2.54 bits per heavy atom. The van der Waals surface area contributed by atoms with E-state index in [1.165, 1.54) is 11.0 Å². The molecule has 0 aliphatic rings. The van der Waals surface area contributed by atoms with Gasteiger partial charge in [0.15, 0.2) is 0 Å². The van der Waals surface area contributed by atoms with Gasteiger partial charge in [0.05, 0.1) is 10.6 Å². The van der Waals surface area contributed by atoms with Gasteiger partial charge in [-0.3, -0.25) is 9.59 Å². The summed E-state index contributed by atoms with van der Waals surface area (Å²) >= 11 is 9.47. The zero-order valence-corrected chi connectivity index (χ0v) is 15.6. The summed E-state index contributed by atoms with van der Waals surface area (Å²) in [5, 5.41) is 3.07. The third-order valence-corrected chi connectivity index (χ3v) is 4.24. The lowest BCUT2D eigenvalue weighted by Gasteiger charge is -2.13. The first-order valence-corrected chi connectivity index (χ1v) is 8.30. The quantitative estimate of drug-likeness (QED) is 0.761. The van der Waals surface area contributed by atoms with Gasteiger partial charge < -0.3 is 10.2 Å². The molecule has 0 atom stereocenters. The number of amides is 2. The Morgan fingerprint density at radius 1 is 1.17 bits per heavy atom. The van der Waals surface area contributed by atoms with E-state index in [-0.39, 0.29) is 11.8 Å². The first-order chi connectivity index (χ1) is 11.4. The molecular weight excluding hydrogens is 392 g/mol. The summed E-state index contributed by atoms with van der Waals surface area (Å²) < 4.78 is 0.902. The van der Waals surface area contributed by atoms with Crippen LogP contribution < -0.4 is 5.32 Å². The van der Waals surface area contributed by atoms with Crippen molar-refractivity contribution in [2.24, 2.45) is 0 Å². The molecule has 0 aromatic heterocycles. The number of hydrogen-bond donors (Lipinski definition) is 1. The van der Waals surface area contributed by atoms with Gasteiger partial charge in [-0.1, -0.05) is 45.7 Å². The van der Waals surface area contributed by atoms with E-state index >= 15 is 0 Å². The Hall–Kier alpha value is -2.11. The Bertz CT molecular complexity index is 803. The monoisotopic (exact) mass is 406 g/mol. The molecule has 2 aromatic carbocycles. The van der Waals surface area contributed by atoms with Crippen LogP contribution in [0.1, 0.15) is 15.9 Å². The van der Waals surface area contributed by atoms with Gasteiger partial charge in [0.1, 0.15) is 0 Å². The maximum atomic E-state index is 12.1. The zero-order valence-electron chi connectivity index (χ0n) is 13.2. The minimum atomic E-state index is -0.295. The maximum absolute atomic E-state index is 12.1. The largest absolute Gasteiger partial charge is 0.345 e. The third kappa shape index (κ3) is 4.69. The molecule has 0 fully saturated rings. The van der Waals surface area contributed by atoms with Crippen LogP contribution >= 0.6 is 27.5 Å². The van der Waals surface area contributed by atoms with E-state index in [4.69, 9.17) is 11.6 Å². The maximum Gasteiger partial charge on any atom is 0.254 e. The van der Waals surface area contributed by atoms with Gasteiger partial charge in [-0.2, -0.15) is 0 Å². The van der Waals surface area contributed by atoms with Gasteiger partial charge in [-0.25, -0.2) is 0 Å². The summed E-state index contributed by atoms with van der Waals surface area (Å²) in [7, 11) is 3.29. The lowest BCUT2D eigenvalue weighted by atomic mass is 10.1. The fraction of sp³-hybridized carbons (Fsp3) is 0.111. The lowest BCUT2D eigenvalue weighted by molar-refractivity contribution is -0.111. The normalized spacial score (nSPS) is 10.7. The van der Waals surface area contributed by atoms with Gasteiger partial charge in [0.25, 0.3) is 5.91 Å². The molecule has 0 bridgehead atoms. The molecular formula is C18H16BrClN2O2. The Kier molecular flexibility index (Phi) is 6.17. The lowest BCUT2D eigenvalue weighted by Crippen LogP contribution is -2.22. The fourth-order valence-corrected chi connectivity index (χ4v) is 2.58. The SMILES string of the molecule is CN(C)C(=O)c1cc(NC(=O)C=Cc2ccccc2Br)ccc1Cl. The number of anilines is 1. The molecule has 0 radical (unpaired) electrons. The Morgan fingerprint density at radius 2 is 1.88 bits per heavy atom. The van der Waals surface area contributed by atoms with Crippen LogP contribution in [0.15, 0.2) is 53.0 Å². The second-order valence-corrected chi connectivity index (χ2v) is 6.50. The van der Waals surface area contributed by atoms with E-state index in [1.807, 2.05) is 24.3 Å². The highest BCUT2D eigenvalue weighted by Gasteiger charge is 2.13. The molecule has 2 amide bonds. The van der Waals surface area contributed by atoms with E-state index in [0.717, 1.165) is 10.0 Å². The van der Waals surface area contributed by atoms with Crippen LogP contribution in [0.3, 0.4) is 0 Å². The third-order valence-electron chi connectivity index (χ3n) is 3.19. The fourth-order valence-electron chi connectivity index (χ4n) is 1.97. The highest BCUT2D eigenvalue weighted by atomic mass is 79.9. The van der Waals surface area contributed by atoms with Crippen LogP contribution in [0.25, 0.3) is 6.08 Å². The number of halogens is 2. The minimum Gasteiger partial charge on any atom is -0.345 e. The average Bonchev–Trinajstić information content (AvgIpc) is 2.55. The molecule has 0 aliphatic heterocycles. The number of carbonyl (C=O) groups is 2. The second-order valence-electron chi connectivity index (χ2n) is 5.24. The zero-order chi connectivity index (χ0) is 17.7. The number of carbonyl (C=O) groups excluding carboxylic acids is 2. The number of rotatable bonds is 4. The van der Waals surface area contributed by atoms with Crippen molar-refractivity contribution < 1.29 is 9.59 Å². The number of nitrogens with one attached hydrogen (secondary N) is 1. The molecule has 0 aliphatic carbocycles. The van der Waals surface area contributed by atoms with E-state index in [2.05, 4.69) is 21.2 Å². The van der Waals surface area contributed by atoms with E-state index in [0.29, 0.717) is 16.3 Å². The molecule has 0 heterocycles. The number of hydrogen-bond acceptors (Lipinski definition) is 2. The van der Waals surface area contributed by atoms with E-state index < -0.39 is 0 Å². The summed E-state index contributed by atoms with van der Waals surface area (Å²) in [6.07, 6.45) is 3.14. The van der Waals surface area contributed by atoms with Gasteiger partial charge >= 0.3 is 0 Å². The van der Waals surface area contributed by atoms with Crippen LogP contribution in [0, 0.1) is 0 Å². The molecule has 2 rings (SSSR count). The highest BCUT2D eigenvalue weighted by molar-refractivity contribution is 9.10. The Balaban J connectivity index is 2.13. The predicted molar refractivity (Wildman–Crippen MR) is 101 cm³/mol. The van der Waals surface area contributed by atoms with Crippen LogP contribution in [-0.4, -0.2) is 30.8 Å². The minimum absolute atomic E-state index is 0.222. The van der Waals surface area contributed by atoms with E-state index in [9.17, 15) is 9.59 Å². The van der Waals surface area contributed by atoms with Crippen LogP contribution in [-0.2, 0) is 4.79 Å². The molecule has 2 aromatic rings. The molecule has 0 saturated heterocycles. The van der Waals surface area contributed by atoms with Gasteiger partial charge in [0.2, 0.25) is 5.91 Å². The topological polar surface area (TPSA) is 49.4 Å². The summed E-state index contributed by atoms with van der Waals surface area (Å²) in [5.41, 5.74) is 1.74. The summed E-state index contributed by atoms with van der Waals surface area (Å²) in [6.45, 7) is 0. The molecule has 24 heavy (non-hydrogen) atoms. The summed E-state index contributed by atoms with van der Waals surface area (Å²) in [5.74, 6) is -0.517. The van der Waals surface area contributed by atoms with Gasteiger partial charge in [-0.15, -0.1) is 0 Å². The predicted octanol–water partition coefficient (Wildman–Crippen LogP) is 4.46. The van der Waals surface area contributed by atoms with Crippen LogP contribution in [0.2, 0.25) is 5.02 Å². The standard InChI is InChI=1S/C18H16BrClN2O2/c1-22(2)18(24)14-11-13(8-9-16(14)20)21-17(23)10-7-12-5-3-4-6-15(12)19/h3-11H,1-2H3,(H,21,23).